The maximum absolute atomic E-state index is 11.8. The molecule has 1 aliphatic rings. The fourth-order valence-corrected chi connectivity index (χ4v) is 1.95. The van der Waals surface area contributed by atoms with Gasteiger partial charge < -0.3 is 15.0 Å². The van der Waals surface area contributed by atoms with Crippen molar-refractivity contribution in [2.45, 2.75) is 24.9 Å². The molecule has 1 aromatic heterocycles. The van der Waals surface area contributed by atoms with E-state index in [9.17, 15) is 9.59 Å². The lowest BCUT2D eigenvalue weighted by molar-refractivity contribution is -0.0679. The van der Waals surface area contributed by atoms with Gasteiger partial charge in [0.25, 0.3) is 5.91 Å². The Balaban J connectivity index is 1.95. The molecule has 0 saturated heterocycles. The largest absolute Gasteiger partial charge is 0.376 e. The Hall–Kier alpha value is -1.62. The van der Waals surface area contributed by atoms with Crippen LogP contribution in [0, 0.1) is 0 Å². The Morgan fingerprint density at radius 2 is 2.35 bits per heavy atom. The molecule has 0 atom stereocenters. The molecule has 2 rings (SSSR count). The van der Waals surface area contributed by atoms with Gasteiger partial charge in [0.2, 0.25) is 5.56 Å². The highest BCUT2D eigenvalue weighted by Gasteiger charge is 2.37. The van der Waals surface area contributed by atoms with Crippen molar-refractivity contribution in [3.05, 3.63) is 34.2 Å². The van der Waals surface area contributed by atoms with E-state index in [0.717, 1.165) is 19.3 Å². The zero-order chi connectivity index (χ0) is 12.3. The molecule has 0 bridgehead atoms. The molecule has 92 valence electrons. The van der Waals surface area contributed by atoms with Crippen molar-refractivity contribution in [3.8, 4) is 0 Å². The molecule has 0 unspecified atom stereocenters. The Bertz CT molecular complexity index is 457. The molecule has 5 heteroatoms. The van der Waals surface area contributed by atoms with E-state index >= 15 is 0 Å². The highest BCUT2D eigenvalue weighted by atomic mass is 16.5. The third-order valence-corrected chi connectivity index (χ3v) is 3.31. The quantitative estimate of drug-likeness (QED) is 0.807. The van der Waals surface area contributed by atoms with Crippen LogP contribution in [0.4, 0.5) is 0 Å². The Labute approximate surface area is 99.2 Å². The van der Waals surface area contributed by atoms with Gasteiger partial charge in [0.05, 0.1) is 5.60 Å². The normalized spacial score (nSPS) is 17.2. The van der Waals surface area contributed by atoms with E-state index in [1.165, 1.54) is 12.3 Å². The summed E-state index contributed by atoms with van der Waals surface area (Å²) in [5, 5.41) is 2.80. The van der Waals surface area contributed by atoms with Crippen LogP contribution in [0.2, 0.25) is 0 Å². The summed E-state index contributed by atoms with van der Waals surface area (Å²) in [6, 6.07) is 2.87. The van der Waals surface area contributed by atoms with Gasteiger partial charge in [-0.2, -0.15) is 0 Å². The van der Waals surface area contributed by atoms with E-state index in [4.69, 9.17) is 4.74 Å². The van der Waals surface area contributed by atoms with Crippen molar-refractivity contribution >= 4 is 5.91 Å². The molecular weight excluding hydrogens is 220 g/mol. The summed E-state index contributed by atoms with van der Waals surface area (Å²) in [6.07, 6.45) is 4.54. The topological polar surface area (TPSA) is 71.2 Å². The van der Waals surface area contributed by atoms with Crippen molar-refractivity contribution in [1.82, 2.24) is 10.3 Å². The minimum atomic E-state index is -0.275. The number of hydrogen-bond donors (Lipinski definition) is 2. The molecule has 0 aliphatic heterocycles. The average Bonchev–Trinajstić information content (AvgIpc) is 2.28. The smallest absolute Gasteiger partial charge is 0.251 e. The number of hydrogen-bond acceptors (Lipinski definition) is 3. The van der Waals surface area contributed by atoms with Gasteiger partial charge in [-0.3, -0.25) is 9.59 Å². The number of pyridine rings is 1. The standard InChI is InChI=1S/C12H16N2O3/c1-17-12(4-2-5-12)8-14-11(16)9-3-6-13-10(15)7-9/h3,6-7H,2,4-5,8H2,1H3,(H,13,15)(H,14,16). The van der Waals surface area contributed by atoms with Crippen LogP contribution < -0.4 is 10.9 Å². The van der Waals surface area contributed by atoms with Gasteiger partial charge in [-0.05, 0) is 25.3 Å². The van der Waals surface area contributed by atoms with E-state index in [0.29, 0.717) is 12.1 Å². The maximum Gasteiger partial charge on any atom is 0.251 e. The molecule has 17 heavy (non-hydrogen) atoms. The van der Waals surface area contributed by atoms with Crippen molar-refractivity contribution in [2.24, 2.45) is 0 Å². The zero-order valence-electron chi connectivity index (χ0n) is 9.79. The number of carbonyl (C=O) groups is 1. The number of carbonyl (C=O) groups excluding carboxylic acids is 1. The minimum absolute atomic E-state index is 0.198. The van der Waals surface area contributed by atoms with Crippen LogP contribution in [-0.2, 0) is 4.74 Å². The Morgan fingerprint density at radius 3 is 2.88 bits per heavy atom. The highest BCUT2D eigenvalue weighted by Crippen LogP contribution is 2.34. The van der Waals surface area contributed by atoms with Gasteiger partial charge in [-0.1, -0.05) is 0 Å². The van der Waals surface area contributed by atoms with Gasteiger partial charge in [0, 0.05) is 31.5 Å². The number of rotatable bonds is 4. The van der Waals surface area contributed by atoms with Gasteiger partial charge in [0.15, 0.2) is 0 Å². The van der Waals surface area contributed by atoms with Crippen LogP contribution in [0.25, 0.3) is 0 Å². The first kappa shape index (κ1) is 11.9. The minimum Gasteiger partial charge on any atom is -0.376 e. The highest BCUT2D eigenvalue weighted by molar-refractivity contribution is 5.93. The monoisotopic (exact) mass is 236 g/mol. The van der Waals surface area contributed by atoms with Crippen molar-refractivity contribution in [3.63, 3.8) is 0 Å². The summed E-state index contributed by atoms with van der Waals surface area (Å²) >= 11 is 0. The van der Waals surface area contributed by atoms with Gasteiger partial charge >= 0.3 is 0 Å². The Morgan fingerprint density at radius 1 is 1.59 bits per heavy atom. The van der Waals surface area contributed by atoms with Gasteiger partial charge in [-0.25, -0.2) is 0 Å². The van der Waals surface area contributed by atoms with E-state index in [-0.39, 0.29) is 17.1 Å². The number of ether oxygens (including phenoxy) is 1. The molecule has 0 aromatic carbocycles. The molecule has 0 spiro atoms. The average molecular weight is 236 g/mol. The summed E-state index contributed by atoms with van der Waals surface area (Å²) in [4.78, 5) is 25.3. The summed E-state index contributed by atoms with van der Waals surface area (Å²) in [5.41, 5.74) is -0.0984. The van der Waals surface area contributed by atoms with Crippen LogP contribution in [0.5, 0.6) is 0 Å². The third-order valence-electron chi connectivity index (χ3n) is 3.31. The third kappa shape index (κ3) is 2.55. The van der Waals surface area contributed by atoms with Crippen molar-refractivity contribution < 1.29 is 9.53 Å². The molecule has 1 fully saturated rings. The summed E-state index contributed by atoms with van der Waals surface area (Å²) in [7, 11) is 1.67. The van der Waals surface area contributed by atoms with Gasteiger partial charge in [0.1, 0.15) is 0 Å². The molecule has 1 aliphatic carbocycles. The molecule has 2 N–H and O–H groups in total. The molecular formula is C12H16N2O3. The molecule has 5 nitrogen and oxygen atoms in total. The lowest BCUT2D eigenvalue weighted by Crippen LogP contribution is -2.49. The summed E-state index contributed by atoms with van der Waals surface area (Å²) < 4.78 is 5.40. The van der Waals surface area contributed by atoms with Crippen LogP contribution in [0.15, 0.2) is 23.1 Å². The fraction of sp³-hybridized carbons (Fsp3) is 0.500. The lowest BCUT2D eigenvalue weighted by Gasteiger charge is -2.40. The van der Waals surface area contributed by atoms with Crippen LogP contribution in [0.3, 0.4) is 0 Å². The molecule has 1 saturated carbocycles. The number of aromatic nitrogens is 1. The number of methoxy groups -OCH3 is 1. The van der Waals surface area contributed by atoms with Gasteiger partial charge in [-0.15, -0.1) is 0 Å². The second-order valence-corrected chi connectivity index (χ2v) is 4.36. The molecule has 0 radical (unpaired) electrons. The molecule has 1 heterocycles. The zero-order valence-corrected chi connectivity index (χ0v) is 9.79. The first-order valence-electron chi connectivity index (χ1n) is 5.67. The summed E-state index contributed by atoms with van der Waals surface area (Å²) in [5.74, 6) is -0.237. The molecule has 1 amide bonds. The second kappa shape index (κ2) is 4.71. The van der Waals surface area contributed by atoms with E-state index in [1.807, 2.05) is 0 Å². The van der Waals surface area contributed by atoms with E-state index in [1.54, 1.807) is 13.2 Å². The van der Waals surface area contributed by atoms with E-state index in [2.05, 4.69) is 10.3 Å². The predicted octanol–water partition coefficient (Wildman–Crippen LogP) is 0.674. The fourth-order valence-electron chi connectivity index (χ4n) is 1.95. The maximum atomic E-state index is 11.8. The van der Waals surface area contributed by atoms with Crippen molar-refractivity contribution in [2.75, 3.05) is 13.7 Å². The SMILES string of the molecule is COC1(CNC(=O)c2cc[nH]c(=O)c2)CCC1. The number of H-pyrrole nitrogens is 1. The number of amides is 1. The summed E-state index contributed by atoms with van der Waals surface area (Å²) in [6.45, 7) is 0.495. The van der Waals surface area contributed by atoms with Crippen LogP contribution >= 0.6 is 0 Å². The Kier molecular flexibility index (Phi) is 3.28. The second-order valence-electron chi connectivity index (χ2n) is 4.36. The van der Waals surface area contributed by atoms with Crippen LogP contribution in [-0.4, -0.2) is 30.1 Å². The van der Waals surface area contributed by atoms with E-state index < -0.39 is 0 Å². The first-order valence-corrected chi connectivity index (χ1v) is 5.67. The number of nitrogens with one attached hydrogen (secondary N) is 2. The number of aromatic amines is 1. The van der Waals surface area contributed by atoms with Crippen LogP contribution in [0.1, 0.15) is 29.6 Å². The molecule has 1 aromatic rings. The predicted molar refractivity (Wildman–Crippen MR) is 63.0 cm³/mol. The lowest BCUT2D eigenvalue weighted by atomic mass is 9.80. The first-order chi connectivity index (χ1) is 8.15. The van der Waals surface area contributed by atoms with Crippen molar-refractivity contribution in [1.29, 1.82) is 0 Å².